The summed E-state index contributed by atoms with van der Waals surface area (Å²) >= 11 is 0. The van der Waals surface area contributed by atoms with Gasteiger partial charge in [-0.05, 0) is 11.6 Å². The Kier molecular flexibility index (Phi) is 3.74. The molecule has 6 nitrogen and oxygen atoms in total. The molecule has 112 valence electrons. The largest absolute Gasteiger partial charge is 0.476 e. The van der Waals surface area contributed by atoms with Crippen LogP contribution in [-0.4, -0.2) is 33.6 Å². The number of hydrogen-bond donors (Lipinski definition) is 1. The fourth-order valence-corrected chi connectivity index (χ4v) is 2.40. The monoisotopic (exact) mass is 298 g/mol. The van der Waals surface area contributed by atoms with Crippen molar-refractivity contribution in [3.63, 3.8) is 0 Å². The van der Waals surface area contributed by atoms with Crippen LogP contribution in [-0.2, 0) is 17.8 Å². The Morgan fingerprint density at radius 3 is 2.77 bits per heavy atom. The normalized spacial score (nSPS) is 14.1. The zero-order valence-corrected chi connectivity index (χ0v) is 11.7. The summed E-state index contributed by atoms with van der Waals surface area (Å²) < 4.78 is 5.02. The summed E-state index contributed by atoms with van der Waals surface area (Å²) in [5, 5.41) is 12.6. The number of rotatable bonds is 3. The molecule has 3 rings (SSSR count). The predicted molar refractivity (Wildman–Crippen MR) is 78.1 cm³/mol. The van der Waals surface area contributed by atoms with E-state index in [2.05, 4.69) is 5.16 Å². The smallest absolute Gasteiger partial charge is 0.358 e. The topological polar surface area (TPSA) is 83.6 Å². The molecule has 0 fully saturated rings. The average Bonchev–Trinajstić information content (AvgIpc) is 2.96. The lowest BCUT2D eigenvalue weighted by Crippen LogP contribution is -2.35. The molecule has 0 bridgehead atoms. The molecule has 0 atom stereocenters. The maximum Gasteiger partial charge on any atom is 0.358 e. The first-order valence-electron chi connectivity index (χ1n) is 6.88. The van der Waals surface area contributed by atoms with E-state index in [1.807, 2.05) is 30.3 Å². The van der Waals surface area contributed by atoms with Crippen molar-refractivity contribution in [2.24, 2.45) is 0 Å². The molecule has 0 saturated heterocycles. The number of amides is 1. The van der Waals surface area contributed by atoms with E-state index in [1.54, 1.807) is 11.0 Å². The molecule has 2 heterocycles. The Morgan fingerprint density at radius 1 is 1.27 bits per heavy atom. The van der Waals surface area contributed by atoms with E-state index in [4.69, 9.17) is 9.63 Å². The number of nitrogens with zero attached hydrogens (tertiary/aromatic N) is 2. The lowest BCUT2D eigenvalue weighted by molar-refractivity contribution is -0.126. The number of aromatic carboxylic acids is 1. The molecule has 1 aliphatic rings. The van der Waals surface area contributed by atoms with Crippen LogP contribution in [0.2, 0.25) is 0 Å². The van der Waals surface area contributed by atoms with Crippen LogP contribution in [0.1, 0.15) is 27.4 Å². The molecule has 22 heavy (non-hydrogen) atoms. The Bertz CT molecular complexity index is 734. The van der Waals surface area contributed by atoms with Gasteiger partial charge in [0.2, 0.25) is 5.91 Å². The first-order valence-corrected chi connectivity index (χ1v) is 6.88. The second kappa shape index (κ2) is 5.85. The first-order chi connectivity index (χ1) is 10.6. The number of carboxylic acid groups (broad SMARTS) is 1. The highest BCUT2D eigenvalue weighted by molar-refractivity contribution is 5.92. The summed E-state index contributed by atoms with van der Waals surface area (Å²) in [4.78, 5) is 24.9. The van der Waals surface area contributed by atoms with E-state index >= 15 is 0 Å². The summed E-state index contributed by atoms with van der Waals surface area (Å²) in [5.74, 6) is -0.750. The highest BCUT2D eigenvalue weighted by Crippen LogP contribution is 2.22. The molecule has 2 aromatic rings. The van der Waals surface area contributed by atoms with Gasteiger partial charge in [-0.2, -0.15) is 0 Å². The van der Waals surface area contributed by atoms with Crippen molar-refractivity contribution in [2.45, 2.75) is 13.0 Å². The Labute approximate surface area is 126 Å². The van der Waals surface area contributed by atoms with Gasteiger partial charge in [0.15, 0.2) is 5.69 Å². The molecule has 0 aliphatic carbocycles. The van der Waals surface area contributed by atoms with Crippen LogP contribution in [0.25, 0.3) is 6.08 Å². The maximum atomic E-state index is 12.2. The number of carbonyl (C=O) groups excluding carboxylic acids is 1. The third-order valence-electron chi connectivity index (χ3n) is 3.56. The Hall–Kier alpha value is -2.89. The van der Waals surface area contributed by atoms with E-state index in [1.165, 1.54) is 6.08 Å². The van der Waals surface area contributed by atoms with Crippen molar-refractivity contribution in [1.82, 2.24) is 10.1 Å². The molecule has 0 radical (unpaired) electrons. The third-order valence-corrected chi connectivity index (χ3v) is 3.56. The minimum absolute atomic E-state index is 0.112. The zero-order valence-electron chi connectivity index (χ0n) is 11.7. The van der Waals surface area contributed by atoms with Crippen molar-refractivity contribution >= 4 is 18.0 Å². The molecule has 1 aromatic carbocycles. The van der Waals surface area contributed by atoms with Gasteiger partial charge in [0.1, 0.15) is 5.76 Å². The summed E-state index contributed by atoms with van der Waals surface area (Å²) in [6.07, 6.45) is 3.71. The fraction of sp³-hybridized carbons (Fsp3) is 0.188. The third kappa shape index (κ3) is 2.76. The number of aromatic nitrogens is 1. The maximum absolute atomic E-state index is 12.2. The highest BCUT2D eigenvalue weighted by atomic mass is 16.5. The lowest BCUT2D eigenvalue weighted by atomic mass is 10.1. The molecular formula is C16H14N2O4. The SMILES string of the molecule is O=C(O)c1noc2c1CN(C(=O)/C=C/c1ccccc1)CC2. The standard InChI is InChI=1S/C16H14N2O4/c19-14(7-6-11-4-2-1-3-5-11)18-9-8-13-12(10-18)15(16(20)21)17-22-13/h1-7H,8-10H2,(H,20,21)/b7-6+. The van der Waals surface area contributed by atoms with Crippen LogP contribution in [0, 0.1) is 0 Å². The van der Waals surface area contributed by atoms with Crippen molar-refractivity contribution in [3.05, 3.63) is 59.0 Å². The quantitative estimate of drug-likeness (QED) is 0.876. The molecule has 6 heteroatoms. The van der Waals surface area contributed by atoms with E-state index in [-0.39, 0.29) is 18.1 Å². The summed E-state index contributed by atoms with van der Waals surface area (Å²) in [7, 11) is 0. The molecule has 1 aromatic heterocycles. The van der Waals surface area contributed by atoms with Gasteiger partial charge in [0.05, 0.1) is 6.54 Å². The van der Waals surface area contributed by atoms with Gasteiger partial charge in [-0.15, -0.1) is 0 Å². The van der Waals surface area contributed by atoms with Crippen molar-refractivity contribution < 1.29 is 19.2 Å². The van der Waals surface area contributed by atoms with E-state index < -0.39 is 5.97 Å². The van der Waals surface area contributed by atoms with Gasteiger partial charge in [0.25, 0.3) is 0 Å². The van der Waals surface area contributed by atoms with E-state index in [0.29, 0.717) is 24.3 Å². The van der Waals surface area contributed by atoms with E-state index in [9.17, 15) is 9.59 Å². The van der Waals surface area contributed by atoms with Gasteiger partial charge in [-0.1, -0.05) is 35.5 Å². The van der Waals surface area contributed by atoms with Gasteiger partial charge < -0.3 is 14.5 Å². The molecule has 0 saturated carbocycles. The van der Waals surface area contributed by atoms with Crippen LogP contribution in [0.4, 0.5) is 0 Å². The Morgan fingerprint density at radius 2 is 2.05 bits per heavy atom. The summed E-state index contributed by atoms with van der Waals surface area (Å²) in [6, 6.07) is 9.51. The Balaban J connectivity index is 1.74. The van der Waals surface area contributed by atoms with Crippen molar-refractivity contribution in [1.29, 1.82) is 0 Å². The molecule has 0 spiro atoms. The number of carboxylic acids is 1. The number of benzene rings is 1. The minimum Gasteiger partial charge on any atom is -0.476 e. The van der Waals surface area contributed by atoms with Crippen LogP contribution < -0.4 is 0 Å². The average molecular weight is 298 g/mol. The zero-order chi connectivity index (χ0) is 15.5. The van der Waals surface area contributed by atoms with Gasteiger partial charge in [-0.3, -0.25) is 4.79 Å². The van der Waals surface area contributed by atoms with Crippen LogP contribution >= 0.6 is 0 Å². The van der Waals surface area contributed by atoms with Crippen LogP contribution in [0.3, 0.4) is 0 Å². The molecule has 0 unspecified atom stereocenters. The summed E-state index contributed by atoms with van der Waals surface area (Å²) in [6.45, 7) is 0.692. The number of hydrogen-bond acceptors (Lipinski definition) is 4. The first kappa shape index (κ1) is 14.1. The van der Waals surface area contributed by atoms with Gasteiger partial charge in [0, 0.05) is 24.6 Å². The second-order valence-corrected chi connectivity index (χ2v) is 4.99. The van der Waals surface area contributed by atoms with Gasteiger partial charge in [-0.25, -0.2) is 4.79 Å². The van der Waals surface area contributed by atoms with Crippen molar-refractivity contribution in [2.75, 3.05) is 6.54 Å². The number of carbonyl (C=O) groups is 2. The molecular weight excluding hydrogens is 284 g/mol. The second-order valence-electron chi connectivity index (χ2n) is 4.99. The van der Waals surface area contributed by atoms with Crippen LogP contribution in [0.5, 0.6) is 0 Å². The predicted octanol–water partition coefficient (Wildman–Crippen LogP) is 1.97. The molecule has 1 aliphatic heterocycles. The number of fused-ring (bicyclic) bond motifs is 1. The highest BCUT2D eigenvalue weighted by Gasteiger charge is 2.28. The van der Waals surface area contributed by atoms with E-state index in [0.717, 1.165) is 5.56 Å². The minimum atomic E-state index is -1.14. The molecule has 1 N–H and O–H groups in total. The van der Waals surface area contributed by atoms with Crippen LogP contribution in [0.15, 0.2) is 40.9 Å². The lowest BCUT2D eigenvalue weighted by Gasteiger charge is -2.24. The summed E-state index contributed by atoms with van der Waals surface area (Å²) in [5.41, 5.74) is 1.31. The van der Waals surface area contributed by atoms with Gasteiger partial charge >= 0.3 is 5.97 Å². The molecule has 1 amide bonds. The fourth-order valence-electron chi connectivity index (χ4n) is 2.40. The van der Waals surface area contributed by atoms with Crippen molar-refractivity contribution in [3.8, 4) is 0 Å².